The first-order chi connectivity index (χ1) is 16.1. The maximum Gasteiger partial charge on any atom is 0.326 e. The summed E-state index contributed by atoms with van der Waals surface area (Å²) in [5, 5.41) is 15.3. The van der Waals surface area contributed by atoms with Gasteiger partial charge < -0.3 is 25.2 Å². The Bertz CT molecular complexity index is 1100. The molecule has 4 rings (SSSR count). The van der Waals surface area contributed by atoms with Gasteiger partial charge in [-0.2, -0.15) is 0 Å². The molecule has 0 unspecified atom stereocenters. The van der Waals surface area contributed by atoms with E-state index in [2.05, 4.69) is 15.6 Å². The Morgan fingerprint density at radius 3 is 2.64 bits per heavy atom. The maximum atomic E-state index is 12.3. The first-order valence-electron chi connectivity index (χ1n) is 10.8. The van der Waals surface area contributed by atoms with Crippen LogP contribution in [-0.2, 0) is 17.6 Å². The number of hydrogen-bond acceptors (Lipinski definition) is 6. The van der Waals surface area contributed by atoms with Crippen LogP contribution in [0.1, 0.15) is 21.6 Å². The second kappa shape index (κ2) is 10.5. The second-order valence-corrected chi connectivity index (χ2v) is 7.60. The number of rotatable bonds is 9. The minimum Gasteiger partial charge on any atom is -0.493 e. The molecule has 0 spiro atoms. The van der Waals surface area contributed by atoms with Gasteiger partial charge in [0.25, 0.3) is 5.91 Å². The molecule has 0 saturated heterocycles. The number of carboxylic acids is 1. The Morgan fingerprint density at radius 1 is 1.09 bits per heavy atom. The zero-order valence-corrected chi connectivity index (χ0v) is 18.0. The van der Waals surface area contributed by atoms with Crippen molar-refractivity contribution >= 4 is 17.7 Å². The van der Waals surface area contributed by atoms with Gasteiger partial charge in [-0.3, -0.25) is 4.79 Å². The third kappa shape index (κ3) is 6.00. The van der Waals surface area contributed by atoms with E-state index < -0.39 is 17.9 Å². The van der Waals surface area contributed by atoms with Crippen LogP contribution in [0.25, 0.3) is 0 Å². The molecule has 8 nitrogen and oxygen atoms in total. The summed E-state index contributed by atoms with van der Waals surface area (Å²) in [6.07, 6.45) is 0.811. The highest BCUT2D eigenvalue weighted by atomic mass is 16.5. The van der Waals surface area contributed by atoms with E-state index in [0.29, 0.717) is 30.9 Å². The lowest BCUT2D eigenvalue weighted by Gasteiger charge is -2.18. The van der Waals surface area contributed by atoms with Crippen LogP contribution < -0.4 is 20.1 Å². The summed E-state index contributed by atoms with van der Waals surface area (Å²) < 4.78 is 11.3. The number of hydrogen-bond donors (Lipinski definition) is 3. The summed E-state index contributed by atoms with van der Waals surface area (Å²) >= 11 is 0. The molecule has 170 valence electrons. The molecule has 2 heterocycles. The topological polar surface area (TPSA) is 110 Å². The molecule has 3 N–H and O–H groups in total. The molecule has 3 aromatic rings. The van der Waals surface area contributed by atoms with Crippen LogP contribution >= 0.6 is 0 Å². The fourth-order valence-electron chi connectivity index (χ4n) is 3.46. The van der Waals surface area contributed by atoms with E-state index in [4.69, 9.17) is 9.47 Å². The molecule has 0 fully saturated rings. The second-order valence-electron chi connectivity index (χ2n) is 7.60. The van der Waals surface area contributed by atoms with Gasteiger partial charge in [0.2, 0.25) is 0 Å². The van der Waals surface area contributed by atoms with Crippen molar-refractivity contribution in [1.29, 1.82) is 0 Å². The molecule has 1 aliphatic rings. The lowest BCUT2D eigenvalue weighted by atomic mass is 10.1. The van der Waals surface area contributed by atoms with Crippen molar-refractivity contribution < 1.29 is 24.2 Å². The molecule has 1 atom stereocenters. The fourth-order valence-corrected chi connectivity index (χ4v) is 3.46. The van der Waals surface area contributed by atoms with E-state index >= 15 is 0 Å². The van der Waals surface area contributed by atoms with Gasteiger partial charge in [-0.15, -0.1) is 0 Å². The van der Waals surface area contributed by atoms with Crippen LogP contribution in [-0.4, -0.2) is 47.8 Å². The maximum absolute atomic E-state index is 12.3. The Morgan fingerprint density at radius 2 is 1.88 bits per heavy atom. The average molecular weight is 447 g/mol. The first kappa shape index (κ1) is 22.1. The van der Waals surface area contributed by atoms with Gasteiger partial charge in [0, 0.05) is 24.1 Å². The lowest BCUT2D eigenvalue weighted by molar-refractivity contribution is -0.139. The van der Waals surface area contributed by atoms with Crippen molar-refractivity contribution in [1.82, 2.24) is 10.3 Å². The summed E-state index contributed by atoms with van der Waals surface area (Å²) in [6.45, 7) is 1.83. The zero-order chi connectivity index (χ0) is 23.0. The molecule has 0 saturated carbocycles. The number of benzene rings is 2. The fraction of sp³-hybridized carbons (Fsp3) is 0.240. The number of aromatic nitrogens is 1. The molecular weight excluding hydrogens is 422 g/mol. The third-order valence-electron chi connectivity index (χ3n) is 5.20. The highest BCUT2D eigenvalue weighted by Gasteiger charge is 2.21. The minimum atomic E-state index is -1.09. The molecule has 1 aromatic heterocycles. The highest BCUT2D eigenvalue weighted by molar-refractivity contribution is 5.96. The summed E-state index contributed by atoms with van der Waals surface area (Å²) in [5.74, 6) is 0.701. The predicted molar refractivity (Wildman–Crippen MR) is 123 cm³/mol. The van der Waals surface area contributed by atoms with Crippen LogP contribution in [0.4, 0.5) is 5.82 Å². The van der Waals surface area contributed by atoms with Gasteiger partial charge in [0.15, 0.2) is 11.6 Å². The number of aliphatic carboxylic acids is 1. The zero-order valence-electron chi connectivity index (χ0n) is 18.0. The number of nitrogens with one attached hydrogen (secondary N) is 2. The number of fused-ring (bicyclic) bond motifs is 1. The predicted octanol–water partition coefficient (Wildman–Crippen LogP) is 2.93. The standard InChI is InChI=1S/C25H25N3O5/c29-24(18-4-2-1-3-5-18)28-21(25(30)31)16-17-6-9-20(10-7-17)32-14-12-19-8-11-22-23(27-19)26-13-15-33-22/h1-11,21H,12-16H2,(H,26,27)(H,28,29)(H,30,31)/t21-/m0/s1. The Balaban J connectivity index is 1.29. The third-order valence-corrected chi connectivity index (χ3v) is 5.20. The van der Waals surface area contributed by atoms with Gasteiger partial charge in [-0.05, 0) is 42.0 Å². The molecule has 0 bridgehead atoms. The number of nitrogens with zero attached hydrogens (tertiary/aromatic N) is 1. The van der Waals surface area contributed by atoms with E-state index in [0.717, 1.165) is 29.4 Å². The van der Waals surface area contributed by atoms with Crippen molar-refractivity contribution in [2.75, 3.05) is 25.1 Å². The van der Waals surface area contributed by atoms with Crippen molar-refractivity contribution in [3.63, 3.8) is 0 Å². The van der Waals surface area contributed by atoms with Gasteiger partial charge in [0.1, 0.15) is 18.4 Å². The summed E-state index contributed by atoms with van der Waals surface area (Å²) in [7, 11) is 0. The van der Waals surface area contributed by atoms with Crippen LogP contribution in [0, 0.1) is 0 Å². The molecule has 2 aromatic carbocycles. The Labute approximate surface area is 191 Å². The van der Waals surface area contributed by atoms with E-state index in [1.54, 1.807) is 54.6 Å². The minimum absolute atomic E-state index is 0.169. The summed E-state index contributed by atoms with van der Waals surface area (Å²) in [5.41, 5.74) is 2.11. The average Bonchev–Trinajstić information content (AvgIpc) is 2.85. The largest absolute Gasteiger partial charge is 0.493 e. The number of carbonyl (C=O) groups excluding carboxylic acids is 1. The molecule has 0 radical (unpaired) electrons. The number of pyridine rings is 1. The van der Waals surface area contributed by atoms with Gasteiger partial charge in [-0.25, -0.2) is 9.78 Å². The van der Waals surface area contributed by atoms with E-state index in [1.165, 1.54) is 0 Å². The summed E-state index contributed by atoms with van der Waals surface area (Å²) in [6, 6.07) is 18.5. The number of carboxylic acid groups (broad SMARTS) is 1. The normalized spacial score (nSPS) is 13.1. The summed E-state index contributed by atoms with van der Waals surface area (Å²) in [4.78, 5) is 28.5. The Kier molecular flexibility index (Phi) is 7.04. The number of carbonyl (C=O) groups is 2. The molecule has 8 heteroatoms. The monoisotopic (exact) mass is 447 g/mol. The lowest BCUT2D eigenvalue weighted by Crippen LogP contribution is -2.42. The van der Waals surface area contributed by atoms with Gasteiger partial charge >= 0.3 is 5.97 Å². The van der Waals surface area contributed by atoms with Crippen LogP contribution in [0.3, 0.4) is 0 Å². The van der Waals surface area contributed by atoms with Crippen molar-refractivity contribution in [2.45, 2.75) is 18.9 Å². The van der Waals surface area contributed by atoms with Crippen LogP contribution in [0.15, 0.2) is 66.7 Å². The van der Waals surface area contributed by atoms with Crippen LogP contribution in [0.2, 0.25) is 0 Å². The number of anilines is 1. The highest BCUT2D eigenvalue weighted by Crippen LogP contribution is 2.25. The number of ether oxygens (including phenoxy) is 2. The van der Waals surface area contributed by atoms with Crippen molar-refractivity contribution in [3.05, 3.63) is 83.6 Å². The quantitative estimate of drug-likeness (QED) is 0.463. The van der Waals surface area contributed by atoms with Gasteiger partial charge in [0.05, 0.1) is 13.2 Å². The first-order valence-corrected chi connectivity index (χ1v) is 10.8. The van der Waals surface area contributed by atoms with E-state index in [9.17, 15) is 14.7 Å². The van der Waals surface area contributed by atoms with Crippen LogP contribution in [0.5, 0.6) is 11.5 Å². The number of amides is 1. The van der Waals surface area contributed by atoms with Crippen molar-refractivity contribution in [3.8, 4) is 11.5 Å². The molecular formula is C25H25N3O5. The molecule has 0 aliphatic carbocycles. The van der Waals surface area contributed by atoms with E-state index in [-0.39, 0.29) is 6.42 Å². The van der Waals surface area contributed by atoms with E-state index in [1.807, 2.05) is 12.1 Å². The Hall–Kier alpha value is -4.07. The van der Waals surface area contributed by atoms with Crippen molar-refractivity contribution in [2.24, 2.45) is 0 Å². The molecule has 1 aliphatic heterocycles. The molecule has 33 heavy (non-hydrogen) atoms. The van der Waals surface area contributed by atoms with Gasteiger partial charge in [-0.1, -0.05) is 30.3 Å². The smallest absolute Gasteiger partial charge is 0.326 e. The SMILES string of the molecule is O=C(N[C@@H](Cc1ccc(OCCc2ccc3c(n2)NCCO3)cc1)C(=O)O)c1ccccc1. The molecule has 1 amide bonds.